The maximum absolute atomic E-state index is 14.4. The minimum absolute atomic E-state index is 0.01000. The molecule has 0 saturated heterocycles. The van der Waals surface area contributed by atoms with E-state index in [1.54, 1.807) is 92.8 Å². The van der Waals surface area contributed by atoms with E-state index < -0.39 is 121 Å². The number of hydrogen-bond acceptors (Lipinski definition) is 25. The third-order valence-corrected chi connectivity index (χ3v) is 21.8. The number of ketones is 1. The Balaban J connectivity index is 0.000000139. The number of benzene rings is 4. The van der Waals surface area contributed by atoms with Gasteiger partial charge in [-0.05, 0) is 209 Å². The average molecular weight is 1980 g/mol. The van der Waals surface area contributed by atoms with Gasteiger partial charge in [0.2, 0.25) is 0 Å². The van der Waals surface area contributed by atoms with Crippen molar-refractivity contribution in [3.63, 3.8) is 0 Å². The van der Waals surface area contributed by atoms with Crippen molar-refractivity contribution >= 4 is 178 Å². The molecule has 3 unspecified atom stereocenters. The first kappa shape index (κ1) is 93.0. The first-order valence-corrected chi connectivity index (χ1v) is 41.2. The van der Waals surface area contributed by atoms with E-state index in [0.717, 1.165) is 10.6 Å². The summed E-state index contributed by atoms with van der Waals surface area (Å²) in [6.07, 6.45) is 6.67. The van der Waals surface area contributed by atoms with Crippen LogP contribution in [0.5, 0.6) is 0 Å². The topological polar surface area (TPSA) is 474 Å². The summed E-state index contributed by atoms with van der Waals surface area (Å²) in [7, 11) is 0. The van der Waals surface area contributed by atoms with Crippen LogP contribution in [0.25, 0.3) is 0 Å². The second-order valence-corrected chi connectivity index (χ2v) is 35.2. The Kier molecular flexibility index (Phi) is 25.8. The highest BCUT2D eigenvalue weighted by atomic mass is 79.9. The van der Waals surface area contributed by atoms with Crippen LogP contribution in [0.15, 0.2) is 181 Å². The lowest BCUT2D eigenvalue weighted by Gasteiger charge is -2.29. The van der Waals surface area contributed by atoms with Crippen LogP contribution in [0.4, 0.5) is 83.5 Å². The molecular weight excluding hydrogens is 1910 g/mol. The van der Waals surface area contributed by atoms with E-state index in [9.17, 15) is 75.1 Å². The summed E-state index contributed by atoms with van der Waals surface area (Å²) in [5.41, 5.74) is 4.20. The summed E-state index contributed by atoms with van der Waals surface area (Å²) in [5, 5.41) is 17.5. The van der Waals surface area contributed by atoms with Crippen molar-refractivity contribution in [3.8, 4) is 0 Å². The zero-order chi connectivity index (χ0) is 93.8. The number of fused-ring (bicyclic) bond motifs is 13. The molecule has 46 heteroatoms. The molecule has 668 valence electrons. The van der Waals surface area contributed by atoms with E-state index in [1.807, 2.05) is 0 Å². The van der Waals surface area contributed by atoms with Crippen LogP contribution >= 0.6 is 78.3 Å². The quantitative estimate of drug-likeness (QED) is 0.0571. The molecule has 36 nitrogen and oxygen atoms in total. The largest absolute Gasteiger partial charge is 0.443 e. The maximum atomic E-state index is 14.4. The Morgan fingerprint density at radius 1 is 0.473 bits per heavy atom. The fourth-order valence-electron chi connectivity index (χ4n) is 14.4. The zero-order valence-electron chi connectivity index (χ0n) is 68.7. The van der Waals surface area contributed by atoms with Gasteiger partial charge in [0.25, 0.3) is 45.9 Å². The fourth-order valence-corrected chi connectivity index (χ4v) is 16.5. The van der Waals surface area contributed by atoms with Gasteiger partial charge in [-0.2, -0.15) is 0 Å². The Morgan fingerprint density at radius 3 is 1.29 bits per heavy atom. The normalized spacial score (nSPS) is 17.0. The van der Waals surface area contributed by atoms with Crippen molar-refractivity contribution in [2.24, 2.45) is 5.73 Å². The lowest BCUT2D eigenvalue weighted by atomic mass is 10.0. The van der Waals surface area contributed by atoms with E-state index in [-0.39, 0.29) is 112 Å². The molecule has 129 heavy (non-hydrogen) atoms. The number of carbonyl (C=O) groups is 8. The summed E-state index contributed by atoms with van der Waals surface area (Å²) in [4.78, 5) is 178. The molecule has 0 fully saturated rings. The van der Waals surface area contributed by atoms with Crippen molar-refractivity contribution in [2.45, 2.75) is 96.1 Å². The number of aromatic amines is 1. The van der Waals surface area contributed by atoms with Gasteiger partial charge in [-0.3, -0.25) is 71.6 Å². The Hall–Kier alpha value is -13.7. The molecular formula is C83H71Br2Cl4F4N21O15. The molecule has 3 spiro atoms. The number of nitrogen functional groups attached to an aromatic ring is 1. The number of ether oxygens (including phenoxy) is 3. The molecule has 18 rings (SSSR count). The molecule has 7 aliphatic heterocycles. The monoisotopic (exact) mass is 1980 g/mol. The molecule has 0 aliphatic carbocycles. The number of halogens is 10. The maximum Gasteiger partial charge on any atom is 0.415 e. The highest BCUT2D eigenvalue weighted by Gasteiger charge is 2.58. The molecule has 0 radical (unpaired) electrons. The number of carbonyl (C=O) groups excluding carboxylic acids is 8. The van der Waals surface area contributed by atoms with Gasteiger partial charge in [-0.25, -0.2) is 61.8 Å². The number of nitrogens with one attached hydrogen (secondary N) is 7. The lowest BCUT2D eigenvalue weighted by Crippen LogP contribution is -2.52. The number of nitrogens with two attached hydrogens (primary N) is 2. The zero-order valence-corrected chi connectivity index (χ0v) is 74.9. The molecule has 11 aromatic rings. The molecule has 0 bridgehead atoms. The third kappa shape index (κ3) is 18.9. The van der Waals surface area contributed by atoms with Crippen molar-refractivity contribution < 1.29 is 70.1 Å². The number of aromatic nitrogens is 10. The van der Waals surface area contributed by atoms with Crippen molar-refractivity contribution in [1.82, 2.24) is 64.5 Å². The summed E-state index contributed by atoms with van der Waals surface area (Å²) in [6, 6.07) is 25.7. The van der Waals surface area contributed by atoms with Gasteiger partial charge in [-0.15, -0.1) is 0 Å². The standard InChI is InChI=1S/C23H20ClFN6O4.C19H16BrClFN3O4.C18H12ClFN6O2.C13H14FNO3.C6H4BrClN2O2.C4H5N3/c1-22(2,3)35-21(34)30-10-23(13-8-12(25)4-5-16(13)30)29-19(32)18-14(24)9-15(20(33)31(18)23)28-17-6-7-26-11-27-17;1-18(2,3)29-17(28)24-8-19(10-6-9(22)4-5-13(10)24)23-15(26)14-12(21)7-11(20)16(27)25(14)19;19-11-6-13(24-14-3-4-21-8-23-14)17(28)26-15(11)16(27)25-18(26)7-22-12-2-1-9(20)5-10(12)18;1-13(2,3)18-12(17)15-7-11(16)9-6-8(14)4-5-10(9)15;7-2-1-3(8)4(5(9)11)10-6(2)12;5-4-1-2-6-3-7-4/h4-9,11H,10H2,1-3H3,(H,29,32)(H,26,27,28);4-7H,8H2,1-3H3,(H,23,26);1-6,8,22H,7H2,(H,25,27)(H,21,23,24);4-6H,7H2,1-3H3;1H,(H2,9,11)(H,10,12);1-3H,(H2,5,6,7). The van der Waals surface area contributed by atoms with Crippen molar-refractivity contribution in [1.29, 1.82) is 0 Å². The van der Waals surface area contributed by atoms with Gasteiger partial charge >= 0.3 is 18.3 Å². The van der Waals surface area contributed by atoms with Gasteiger partial charge in [0, 0.05) is 46.5 Å². The second-order valence-electron chi connectivity index (χ2n) is 31.8. The van der Waals surface area contributed by atoms with Crippen LogP contribution in [-0.4, -0.2) is 139 Å². The van der Waals surface area contributed by atoms with Gasteiger partial charge in [0.1, 0.15) is 111 Å². The second kappa shape index (κ2) is 35.9. The van der Waals surface area contributed by atoms with E-state index in [0.29, 0.717) is 45.8 Å². The molecule has 11 N–H and O–H groups in total. The van der Waals surface area contributed by atoms with Gasteiger partial charge in [-0.1, -0.05) is 46.4 Å². The number of nitrogens with zero attached hydrogens (tertiary/aromatic N) is 12. The Bertz CT molecular complexity index is 6730. The Labute approximate surface area is 763 Å². The van der Waals surface area contributed by atoms with Crippen LogP contribution in [-0.2, 0) is 31.2 Å². The molecule has 7 amide bonds. The van der Waals surface area contributed by atoms with Gasteiger partial charge in [0.05, 0.1) is 72.3 Å². The van der Waals surface area contributed by atoms with E-state index >= 15 is 0 Å². The first-order chi connectivity index (χ1) is 60.6. The molecule has 3 atom stereocenters. The number of amides is 7. The number of primary amides is 1. The van der Waals surface area contributed by atoms with Crippen molar-refractivity contribution in [3.05, 3.63) is 292 Å². The summed E-state index contributed by atoms with van der Waals surface area (Å²) >= 11 is 30.7. The third-order valence-electron chi connectivity index (χ3n) is 19.5. The average Bonchev–Trinajstić information content (AvgIpc) is 1.54. The van der Waals surface area contributed by atoms with Crippen LogP contribution < -0.4 is 80.3 Å². The van der Waals surface area contributed by atoms with Crippen LogP contribution in [0, 0.1) is 23.3 Å². The number of rotatable bonds is 5. The van der Waals surface area contributed by atoms with E-state index in [2.05, 4.69) is 98.6 Å². The molecule has 0 saturated carbocycles. The SMILES string of the molecule is CC(C)(C)OC(=O)N1CC(=O)c2cc(F)ccc21.CC(C)(C)OC(=O)N1CC2(NC(=O)c3c(Cl)cc(Br)c(=O)n32)c2cc(F)ccc21.CC(C)(C)OC(=O)N1CC2(NC(=O)c3c(Cl)cc(Nc4ccncn4)c(=O)n32)c2cc(F)ccc21.NC(=O)c1[nH]c(=O)c(Br)cc1Cl.Nc1ccncn1.O=C1NC2(CNc3ccc(F)cc32)n2c1c(Cl)cc(Nc1ccncn1)c2=O. The number of H-pyrrole nitrogens is 1. The lowest BCUT2D eigenvalue weighted by molar-refractivity contribution is 0.0563. The molecule has 14 heterocycles. The number of Topliss-reactive ketones (excluding diaryl/α,β-unsaturated/α-hetero) is 1. The summed E-state index contributed by atoms with van der Waals surface area (Å²) in [5.74, 6) is -3.70. The minimum atomic E-state index is -1.61. The van der Waals surface area contributed by atoms with Crippen molar-refractivity contribution in [2.75, 3.05) is 62.6 Å². The highest BCUT2D eigenvalue weighted by Crippen LogP contribution is 2.48. The number of anilines is 9. The van der Waals surface area contributed by atoms with E-state index in [4.69, 9.17) is 72.1 Å². The van der Waals surface area contributed by atoms with Crippen LogP contribution in [0.1, 0.15) is 131 Å². The molecule has 4 aromatic carbocycles. The fraction of sp³-hybridized carbons (Fsp3) is 0.229. The van der Waals surface area contributed by atoms with Crippen LogP contribution in [0.3, 0.4) is 0 Å². The number of pyridine rings is 4. The molecule has 7 aromatic heterocycles. The smallest absolute Gasteiger partial charge is 0.415 e. The number of hydrogen-bond donors (Lipinski definition) is 9. The Morgan fingerprint density at radius 2 is 0.868 bits per heavy atom. The van der Waals surface area contributed by atoms with Gasteiger partial charge < -0.3 is 62.6 Å². The van der Waals surface area contributed by atoms with E-state index in [1.165, 1.54) is 140 Å². The molecule has 7 aliphatic rings. The minimum Gasteiger partial charge on any atom is -0.443 e. The predicted molar refractivity (Wildman–Crippen MR) is 473 cm³/mol. The highest BCUT2D eigenvalue weighted by molar-refractivity contribution is 9.10. The summed E-state index contributed by atoms with van der Waals surface area (Å²) in [6.45, 7) is 15.2. The van der Waals surface area contributed by atoms with Gasteiger partial charge in [0.15, 0.2) is 22.8 Å². The summed E-state index contributed by atoms with van der Waals surface area (Å²) < 4.78 is 75.8. The predicted octanol–water partition coefficient (Wildman–Crippen LogP) is 12.7. The first-order valence-electron chi connectivity index (χ1n) is 38.1. The van der Waals surface area contributed by atoms with Crippen LogP contribution in [0.2, 0.25) is 20.1 Å².